The van der Waals surface area contributed by atoms with E-state index in [-0.39, 0.29) is 0 Å². The maximum atomic E-state index is 12.0. The summed E-state index contributed by atoms with van der Waals surface area (Å²) in [7, 11) is 0. The molecule has 0 saturated heterocycles. The molecule has 1 N–H and O–H groups in total. The van der Waals surface area contributed by atoms with Gasteiger partial charge >= 0.3 is 0 Å². The normalized spacial score (nSPS) is 12.0. The van der Waals surface area contributed by atoms with Crippen LogP contribution in [0.3, 0.4) is 0 Å². The molecule has 1 atom stereocenters. The summed E-state index contributed by atoms with van der Waals surface area (Å²) in [4.78, 5) is 12.9. The second kappa shape index (κ2) is 8.27. The minimum absolute atomic E-state index is 0.614. The van der Waals surface area contributed by atoms with Crippen LogP contribution in [-0.4, -0.2) is 5.97 Å². The van der Waals surface area contributed by atoms with Crippen molar-refractivity contribution in [2.75, 3.05) is 0 Å². The number of carbonyl (C=O) groups excluding carboxylic acids is 1. The van der Waals surface area contributed by atoms with E-state index in [1.165, 1.54) is 0 Å². The zero-order valence-corrected chi connectivity index (χ0v) is 14.0. The van der Waals surface area contributed by atoms with E-state index < -0.39 is 12.0 Å². The van der Waals surface area contributed by atoms with Gasteiger partial charge in [0.25, 0.3) is 0 Å². The molecule has 25 heavy (non-hydrogen) atoms. The molecule has 0 bridgehead atoms. The number of quaternary nitrogens is 1. The molecule has 0 aliphatic rings. The summed E-state index contributed by atoms with van der Waals surface area (Å²) >= 11 is 0. The molecule has 0 spiro atoms. The zero-order valence-electron chi connectivity index (χ0n) is 14.0. The van der Waals surface area contributed by atoms with Crippen molar-refractivity contribution in [2.24, 2.45) is 0 Å². The first kappa shape index (κ1) is 16.9. The van der Waals surface area contributed by atoms with Crippen molar-refractivity contribution in [1.29, 1.82) is 0 Å². The highest BCUT2D eigenvalue weighted by atomic mass is 16.4. The van der Waals surface area contributed by atoms with Gasteiger partial charge in [-0.15, -0.1) is 0 Å². The van der Waals surface area contributed by atoms with E-state index in [2.05, 4.69) is 0 Å². The minimum Gasteiger partial charge on any atom is -0.544 e. The van der Waals surface area contributed by atoms with E-state index in [1.54, 1.807) is 0 Å². The van der Waals surface area contributed by atoms with Crippen molar-refractivity contribution in [2.45, 2.75) is 19.1 Å². The first-order valence-electron chi connectivity index (χ1n) is 8.42. The lowest BCUT2D eigenvalue weighted by Gasteiger charge is -2.30. The lowest BCUT2D eigenvalue weighted by molar-refractivity contribution is -0.951. The van der Waals surface area contributed by atoms with Crippen LogP contribution in [-0.2, 0) is 17.9 Å². The number of hydrogen-bond acceptors (Lipinski definition) is 2. The van der Waals surface area contributed by atoms with E-state index in [0.717, 1.165) is 21.6 Å². The van der Waals surface area contributed by atoms with Crippen molar-refractivity contribution in [3.05, 3.63) is 108 Å². The molecule has 3 aromatic rings. The van der Waals surface area contributed by atoms with Gasteiger partial charge in [-0.1, -0.05) is 91.0 Å². The van der Waals surface area contributed by atoms with Crippen LogP contribution in [0, 0.1) is 0 Å². The standard InChI is InChI=1S/C22H21NO2/c24-22(25)21(20-14-8-3-9-15-20)23(16-18-10-4-1-5-11-18)17-19-12-6-2-7-13-19/h1-15,21H,16-17H2,(H,24,25)/t21-/m1/s1. The second-order valence-electron chi connectivity index (χ2n) is 6.15. The van der Waals surface area contributed by atoms with Crippen LogP contribution in [0.2, 0.25) is 0 Å². The highest BCUT2D eigenvalue weighted by Gasteiger charge is 2.26. The van der Waals surface area contributed by atoms with Gasteiger partial charge in [-0.25, -0.2) is 0 Å². The third-order valence-corrected chi connectivity index (χ3v) is 4.32. The third kappa shape index (κ3) is 4.55. The van der Waals surface area contributed by atoms with Crippen LogP contribution in [0.15, 0.2) is 91.0 Å². The van der Waals surface area contributed by atoms with Gasteiger partial charge in [0.1, 0.15) is 19.1 Å². The Balaban J connectivity index is 1.94. The number of benzene rings is 3. The van der Waals surface area contributed by atoms with Crippen LogP contribution >= 0.6 is 0 Å². The molecule has 0 radical (unpaired) electrons. The fraction of sp³-hybridized carbons (Fsp3) is 0.136. The van der Waals surface area contributed by atoms with Gasteiger partial charge in [0, 0.05) is 16.7 Å². The third-order valence-electron chi connectivity index (χ3n) is 4.32. The topological polar surface area (TPSA) is 44.6 Å². The number of hydrogen-bond donors (Lipinski definition) is 1. The summed E-state index contributed by atoms with van der Waals surface area (Å²) < 4.78 is 0. The minimum atomic E-state index is -1.05. The summed E-state index contributed by atoms with van der Waals surface area (Å²) in [5.41, 5.74) is 2.98. The molecule has 0 heterocycles. The Labute approximate surface area is 148 Å². The molecule has 3 nitrogen and oxygen atoms in total. The van der Waals surface area contributed by atoms with Gasteiger partial charge in [0.2, 0.25) is 0 Å². The number of carboxylic acid groups (broad SMARTS) is 1. The Morgan fingerprint density at radius 3 is 1.52 bits per heavy atom. The molecule has 3 aromatic carbocycles. The zero-order chi connectivity index (χ0) is 17.5. The summed E-state index contributed by atoms with van der Waals surface area (Å²) in [6, 6.07) is 28.6. The summed E-state index contributed by atoms with van der Waals surface area (Å²) in [6.45, 7) is 1.23. The maximum Gasteiger partial charge on any atom is 0.154 e. The maximum absolute atomic E-state index is 12.0. The first-order valence-corrected chi connectivity index (χ1v) is 8.42. The highest BCUT2D eigenvalue weighted by molar-refractivity contribution is 5.71. The van der Waals surface area contributed by atoms with Crippen molar-refractivity contribution in [3.63, 3.8) is 0 Å². The van der Waals surface area contributed by atoms with E-state index in [0.29, 0.717) is 13.1 Å². The Morgan fingerprint density at radius 1 is 0.720 bits per heavy atom. The van der Waals surface area contributed by atoms with E-state index >= 15 is 0 Å². The smallest absolute Gasteiger partial charge is 0.154 e. The van der Waals surface area contributed by atoms with Crippen LogP contribution in [0.5, 0.6) is 0 Å². The molecule has 0 aliphatic heterocycles. The Hall–Kier alpha value is -2.91. The molecule has 0 fully saturated rings. The van der Waals surface area contributed by atoms with Crippen LogP contribution < -0.4 is 10.0 Å². The molecule has 0 amide bonds. The van der Waals surface area contributed by atoms with E-state index in [1.807, 2.05) is 91.0 Å². The number of aliphatic carboxylic acids is 1. The van der Waals surface area contributed by atoms with Gasteiger partial charge < -0.3 is 14.8 Å². The monoisotopic (exact) mass is 331 g/mol. The van der Waals surface area contributed by atoms with Gasteiger partial charge in [0.05, 0.1) is 0 Å². The van der Waals surface area contributed by atoms with Gasteiger partial charge in [-0.3, -0.25) is 0 Å². The molecule has 0 unspecified atom stereocenters. The fourth-order valence-electron chi connectivity index (χ4n) is 3.17. The van der Waals surface area contributed by atoms with E-state index in [9.17, 15) is 9.90 Å². The molecule has 0 aliphatic carbocycles. The lowest BCUT2D eigenvalue weighted by atomic mass is 10.0. The average Bonchev–Trinajstić information content (AvgIpc) is 2.64. The van der Waals surface area contributed by atoms with Crippen molar-refractivity contribution >= 4 is 5.97 Å². The summed E-state index contributed by atoms with van der Waals surface area (Å²) in [6.07, 6.45) is 0. The SMILES string of the molecule is O=C([O-])[C@@H](c1ccccc1)[NH+](Cc1ccccc1)Cc1ccccc1. The molecular formula is C22H21NO2. The molecule has 3 rings (SSSR count). The van der Waals surface area contributed by atoms with Crippen molar-refractivity contribution in [1.82, 2.24) is 0 Å². The lowest BCUT2D eigenvalue weighted by Crippen LogP contribution is -3.11. The number of rotatable bonds is 7. The van der Waals surface area contributed by atoms with Crippen LogP contribution in [0.4, 0.5) is 0 Å². The number of carboxylic acids is 1. The summed E-state index contributed by atoms with van der Waals surface area (Å²) in [5.74, 6) is -1.05. The van der Waals surface area contributed by atoms with Crippen molar-refractivity contribution in [3.8, 4) is 0 Å². The largest absolute Gasteiger partial charge is 0.544 e. The number of carbonyl (C=O) groups is 1. The predicted molar refractivity (Wildman–Crippen MR) is 95.4 cm³/mol. The quantitative estimate of drug-likeness (QED) is 0.717. The summed E-state index contributed by atoms with van der Waals surface area (Å²) in [5, 5.41) is 12.0. The van der Waals surface area contributed by atoms with Gasteiger partial charge in [0.15, 0.2) is 6.04 Å². The molecule has 0 saturated carbocycles. The highest BCUT2D eigenvalue weighted by Crippen LogP contribution is 2.11. The molecule has 0 aromatic heterocycles. The second-order valence-corrected chi connectivity index (χ2v) is 6.15. The van der Waals surface area contributed by atoms with Crippen LogP contribution in [0.1, 0.15) is 22.7 Å². The molecule has 126 valence electrons. The fourth-order valence-corrected chi connectivity index (χ4v) is 3.17. The Kier molecular flexibility index (Phi) is 5.60. The molecular weight excluding hydrogens is 310 g/mol. The van der Waals surface area contributed by atoms with Gasteiger partial charge in [-0.05, 0) is 0 Å². The Morgan fingerprint density at radius 2 is 1.12 bits per heavy atom. The van der Waals surface area contributed by atoms with Gasteiger partial charge in [-0.2, -0.15) is 0 Å². The number of nitrogens with one attached hydrogen (secondary N) is 1. The molecule has 3 heteroatoms. The predicted octanol–water partition coefficient (Wildman–Crippen LogP) is 1.76. The van der Waals surface area contributed by atoms with Crippen molar-refractivity contribution < 1.29 is 14.8 Å². The van der Waals surface area contributed by atoms with E-state index in [4.69, 9.17) is 0 Å². The Bertz CT molecular complexity index is 747. The average molecular weight is 331 g/mol. The van der Waals surface area contributed by atoms with Crippen LogP contribution in [0.25, 0.3) is 0 Å². The first-order chi connectivity index (χ1) is 12.2.